The minimum Gasteiger partial charge on any atom is -0.328 e. The molecule has 1 saturated heterocycles. The van der Waals surface area contributed by atoms with Gasteiger partial charge in [-0.15, -0.1) is 0 Å². The lowest BCUT2D eigenvalue weighted by atomic mass is 10.00. The summed E-state index contributed by atoms with van der Waals surface area (Å²) in [6, 6.07) is 15.0. The van der Waals surface area contributed by atoms with Gasteiger partial charge in [-0.2, -0.15) is 0 Å². The van der Waals surface area contributed by atoms with Crippen LogP contribution >= 0.6 is 0 Å². The fourth-order valence-electron chi connectivity index (χ4n) is 3.12. The van der Waals surface area contributed by atoms with Gasteiger partial charge in [0.25, 0.3) is 11.6 Å². The molecule has 138 valence electrons. The fraction of sp³-hybridized carbons (Fsp3) is 0.200. The zero-order chi connectivity index (χ0) is 19.6. The van der Waals surface area contributed by atoms with Gasteiger partial charge in [-0.25, -0.2) is 0 Å². The van der Waals surface area contributed by atoms with Gasteiger partial charge in [0.05, 0.1) is 10.5 Å². The van der Waals surface area contributed by atoms with Crippen LogP contribution in [0.2, 0.25) is 0 Å². The molecule has 0 spiro atoms. The van der Waals surface area contributed by atoms with E-state index in [1.54, 1.807) is 25.2 Å². The number of hydrogen-bond donors (Lipinski definition) is 0. The van der Waals surface area contributed by atoms with Crippen molar-refractivity contribution in [2.75, 3.05) is 14.1 Å². The first-order valence-corrected chi connectivity index (χ1v) is 8.44. The molecule has 1 aliphatic heterocycles. The van der Waals surface area contributed by atoms with Gasteiger partial charge in [-0.1, -0.05) is 42.5 Å². The first-order valence-electron chi connectivity index (χ1n) is 8.44. The van der Waals surface area contributed by atoms with Gasteiger partial charge in [-0.3, -0.25) is 19.7 Å². The van der Waals surface area contributed by atoms with Crippen molar-refractivity contribution in [1.29, 1.82) is 0 Å². The molecule has 2 amide bonds. The monoisotopic (exact) mass is 365 g/mol. The van der Waals surface area contributed by atoms with Crippen molar-refractivity contribution < 1.29 is 14.5 Å². The number of carbonyl (C=O) groups is 2. The van der Waals surface area contributed by atoms with Gasteiger partial charge in [0, 0.05) is 26.6 Å². The molecule has 0 bridgehead atoms. The summed E-state index contributed by atoms with van der Waals surface area (Å²) in [7, 11) is 3.10. The number of benzene rings is 2. The van der Waals surface area contributed by atoms with E-state index in [1.165, 1.54) is 29.0 Å². The molecule has 7 heteroatoms. The highest BCUT2D eigenvalue weighted by Crippen LogP contribution is 2.26. The highest BCUT2D eigenvalue weighted by atomic mass is 16.6. The van der Waals surface area contributed by atoms with Crippen LogP contribution in [0.15, 0.2) is 60.3 Å². The summed E-state index contributed by atoms with van der Waals surface area (Å²) in [4.78, 5) is 39.1. The van der Waals surface area contributed by atoms with Gasteiger partial charge in [0.2, 0.25) is 5.91 Å². The fourth-order valence-corrected chi connectivity index (χ4v) is 3.12. The Balaban J connectivity index is 1.94. The summed E-state index contributed by atoms with van der Waals surface area (Å²) in [6.45, 7) is 0. The molecule has 0 unspecified atom stereocenters. The van der Waals surface area contributed by atoms with Gasteiger partial charge in [0.1, 0.15) is 11.7 Å². The van der Waals surface area contributed by atoms with Crippen molar-refractivity contribution in [3.8, 4) is 0 Å². The van der Waals surface area contributed by atoms with Crippen LogP contribution in [0.4, 0.5) is 5.69 Å². The number of carbonyl (C=O) groups excluding carboxylic acids is 2. The first kappa shape index (κ1) is 18.3. The van der Waals surface area contributed by atoms with Crippen molar-refractivity contribution in [1.82, 2.24) is 9.80 Å². The van der Waals surface area contributed by atoms with E-state index in [9.17, 15) is 19.7 Å². The van der Waals surface area contributed by atoms with Crippen LogP contribution in [0.25, 0.3) is 6.08 Å². The molecule has 1 aliphatic rings. The summed E-state index contributed by atoms with van der Waals surface area (Å²) in [5.41, 5.74) is 1.23. The van der Waals surface area contributed by atoms with Crippen molar-refractivity contribution in [3.63, 3.8) is 0 Å². The van der Waals surface area contributed by atoms with E-state index < -0.39 is 11.0 Å². The molecule has 1 heterocycles. The third-order valence-electron chi connectivity index (χ3n) is 4.68. The first-order chi connectivity index (χ1) is 12.9. The van der Waals surface area contributed by atoms with Crippen molar-refractivity contribution >= 4 is 23.6 Å². The Morgan fingerprint density at radius 1 is 1.04 bits per heavy atom. The molecular weight excluding hydrogens is 346 g/mol. The Bertz CT molecular complexity index is 924. The maximum atomic E-state index is 12.9. The third kappa shape index (κ3) is 3.57. The van der Waals surface area contributed by atoms with E-state index in [4.69, 9.17) is 0 Å². The quantitative estimate of drug-likeness (QED) is 0.473. The standard InChI is InChI=1S/C20H19N3O4/c1-21-17(12-14-8-4-3-5-9-14)19(24)22(2)18(20(21)25)13-15-10-6-7-11-16(15)23(26)27/h3-11,13,17H,12H2,1-2H3/b18-13-/t17-/m0/s1. The molecule has 3 rings (SSSR count). The van der Waals surface area contributed by atoms with Crippen LogP contribution in [0.3, 0.4) is 0 Å². The van der Waals surface area contributed by atoms with Crippen molar-refractivity contribution in [3.05, 3.63) is 81.5 Å². The average molecular weight is 365 g/mol. The lowest BCUT2D eigenvalue weighted by Gasteiger charge is -2.38. The molecule has 0 N–H and O–H groups in total. The zero-order valence-corrected chi connectivity index (χ0v) is 15.0. The number of likely N-dealkylation sites (N-methyl/N-ethyl adjacent to an activating group) is 2. The highest BCUT2D eigenvalue weighted by Gasteiger charge is 2.39. The van der Waals surface area contributed by atoms with Crippen LogP contribution in [-0.2, 0) is 16.0 Å². The Labute approximate surface area is 156 Å². The topological polar surface area (TPSA) is 83.8 Å². The Hall–Kier alpha value is -3.48. The second kappa shape index (κ2) is 7.41. The van der Waals surface area contributed by atoms with Gasteiger partial charge in [-0.05, 0) is 17.7 Å². The predicted octanol–water partition coefficient (Wildman–Crippen LogP) is 2.48. The molecule has 0 saturated carbocycles. The Morgan fingerprint density at radius 2 is 1.67 bits per heavy atom. The normalized spacial score (nSPS) is 18.9. The van der Waals surface area contributed by atoms with E-state index in [2.05, 4.69) is 0 Å². The maximum Gasteiger partial charge on any atom is 0.276 e. The zero-order valence-electron chi connectivity index (χ0n) is 15.0. The highest BCUT2D eigenvalue weighted by molar-refractivity contribution is 6.07. The van der Waals surface area contributed by atoms with E-state index in [-0.39, 0.29) is 28.8 Å². The van der Waals surface area contributed by atoms with E-state index >= 15 is 0 Å². The maximum absolute atomic E-state index is 12.9. The number of nitro groups is 1. The van der Waals surface area contributed by atoms with E-state index in [1.807, 2.05) is 30.3 Å². The molecular formula is C20H19N3O4. The summed E-state index contributed by atoms with van der Waals surface area (Å²) < 4.78 is 0. The minimum atomic E-state index is -0.618. The van der Waals surface area contributed by atoms with Crippen LogP contribution in [-0.4, -0.2) is 46.7 Å². The summed E-state index contributed by atoms with van der Waals surface area (Å²) in [5, 5.41) is 11.2. The summed E-state index contributed by atoms with van der Waals surface area (Å²) >= 11 is 0. The van der Waals surface area contributed by atoms with Crippen LogP contribution in [0, 0.1) is 10.1 Å². The van der Waals surface area contributed by atoms with Gasteiger partial charge in [0.15, 0.2) is 0 Å². The van der Waals surface area contributed by atoms with Crippen molar-refractivity contribution in [2.45, 2.75) is 12.5 Å². The lowest BCUT2D eigenvalue weighted by molar-refractivity contribution is -0.385. The molecule has 0 aromatic heterocycles. The Morgan fingerprint density at radius 3 is 2.33 bits per heavy atom. The second-order valence-electron chi connectivity index (χ2n) is 6.36. The van der Waals surface area contributed by atoms with Crippen LogP contribution in [0.5, 0.6) is 0 Å². The number of piperazine rings is 1. The summed E-state index contributed by atoms with van der Waals surface area (Å²) in [6.07, 6.45) is 1.80. The van der Waals surface area contributed by atoms with Crippen LogP contribution in [0.1, 0.15) is 11.1 Å². The Kier molecular flexibility index (Phi) is 5.03. The molecule has 0 radical (unpaired) electrons. The minimum absolute atomic E-state index is 0.112. The SMILES string of the molecule is CN1C(=O)[C@H](Cc2ccccc2)N(C)C(=O)/C1=C/c1ccccc1[N+](=O)[O-]. The number of amides is 2. The van der Waals surface area contributed by atoms with Crippen molar-refractivity contribution in [2.24, 2.45) is 0 Å². The molecule has 2 aromatic carbocycles. The molecule has 7 nitrogen and oxygen atoms in total. The van der Waals surface area contributed by atoms with Gasteiger partial charge < -0.3 is 9.80 Å². The molecule has 0 aliphatic carbocycles. The van der Waals surface area contributed by atoms with E-state index in [0.29, 0.717) is 6.42 Å². The number of nitrogens with zero attached hydrogens (tertiary/aromatic N) is 3. The number of hydrogen-bond acceptors (Lipinski definition) is 4. The molecule has 1 fully saturated rings. The number of rotatable bonds is 4. The third-order valence-corrected chi connectivity index (χ3v) is 4.68. The van der Waals surface area contributed by atoms with Gasteiger partial charge >= 0.3 is 0 Å². The smallest absolute Gasteiger partial charge is 0.276 e. The molecule has 1 atom stereocenters. The molecule has 2 aromatic rings. The molecule has 27 heavy (non-hydrogen) atoms. The number of para-hydroxylation sites is 1. The van der Waals surface area contributed by atoms with E-state index in [0.717, 1.165) is 5.56 Å². The average Bonchev–Trinajstić information content (AvgIpc) is 2.68. The lowest BCUT2D eigenvalue weighted by Crippen LogP contribution is -2.56. The largest absolute Gasteiger partial charge is 0.328 e. The second-order valence-corrected chi connectivity index (χ2v) is 6.36. The van der Waals surface area contributed by atoms with Crippen LogP contribution < -0.4 is 0 Å². The predicted molar refractivity (Wildman–Crippen MR) is 101 cm³/mol. The number of nitro benzene ring substituents is 1. The summed E-state index contributed by atoms with van der Waals surface area (Å²) in [5.74, 6) is -0.582.